The van der Waals surface area contributed by atoms with Crippen molar-refractivity contribution in [3.8, 4) is 6.07 Å². The lowest BCUT2D eigenvalue weighted by Gasteiger charge is -2.12. The van der Waals surface area contributed by atoms with E-state index in [-0.39, 0.29) is 11.5 Å². The molecule has 3 aromatic carbocycles. The van der Waals surface area contributed by atoms with Crippen LogP contribution in [0.5, 0.6) is 0 Å². The van der Waals surface area contributed by atoms with Gasteiger partial charge in [-0.25, -0.2) is 0 Å². The van der Waals surface area contributed by atoms with E-state index in [2.05, 4.69) is 11.4 Å². The van der Waals surface area contributed by atoms with E-state index in [1.54, 1.807) is 0 Å². The molecule has 0 unspecified atom stereocenters. The van der Waals surface area contributed by atoms with Crippen molar-refractivity contribution in [2.75, 3.05) is 6.54 Å². The highest BCUT2D eigenvalue weighted by Gasteiger charge is 2.18. The van der Waals surface area contributed by atoms with Crippen LogP contribution in [0.15, 0.2) is 88.7 Å². The summed E-state index contributed by atoms with van der Waals surface area (Å²) in [5, 5.41) is 14.0. The van der Waals surface area contributed by atoms with Gasteiger partial charge in [-0.1, -0.05) is 89.9 Å². The molecule has 0 bridgehead atoms. The largest absolute Gasteiger partial charge is 0.351 e. The smallest absolute Gasteiger partial charge is 0.263 e. The van der Waals surface area contributed by atoms with Crippen LogP contribution >= 0.6 is 46.7 Å². The lowest BCUT2D eigenvalue weighted by molar-refractivity contribution is -0.117. The second kappa shape index (κ2) is 13.4. The molecule has 3 rings (SSSR count). The van der Waals surface area contributed by atoms with Crippen LogP contribution in [-0.4, -0.2) is 12.5 Å². The Balaban J connectivity index is 1.75. The fraction of sp³-hybridized carbons (Fsp3) is 0.154. The number of halogens is 2. The molecule has 0 spiro atoms. The highest BCUT2D eigenvalue weighted by molar-refractivity contribution is 8.21. The molecule has 168 valence electrons. The zero-order valence-corrected chi connectivity index (χ0v) is 20.9. The van der Waals surface area contributed by atoms with Crippen molar-refractivity contribution in [1.82, 2.24) is 5.32 Å². The number of benzene rings is 3. The van der Waals surface area contributed by atoms with E-state index in [9.17, 15) is 10.1 Å². The van der Waals surface area contributed by atoms with E-state index >= 15 is 0 Å². The minimum absolute atomic E-state index is 0.108. The summed E-state index contributed by atoms with van der Waals surface area (Å²) in [7, 11) is 0. The van der Waals surface area contributed by atoms with Gasteiger partial charge in [-0.15, -0.1) is 23.5 Å². The second-order valence-electron chi connectivity index (χ2n) is 7.03. The Morgan fingerprint density at radius 1 is 0.818 bits per heavy atom. The number of nitriles is 1. The third-order valence-corrected chi connectivity index (χ3v) is 8.01. The Kier molecular flexibility index (Phi) is 10.2. The summed E-state index contributed by atoms with van der Waals surface area (Å²) in [6, 6.07) is 27.2. The topological polar surface area (TPSA) is 52.9 Å². The van der Waals surface area contributed by atoms with Crippen molar-refractivity contribution < 1.29 is 4.79 Å². The lowest BCUT2D eigenvalue weighted by atomic mass is 10.1. The van der Waals surface area contributed by atoms with Gasteiger partial charge in [0.25, 0.3) is 5.91 Å². The van der Waals surface area contributed by atoms with Crippen LogP contribution < -0.4 is 5.32 Å². The van der Waals surface area contributed by atoms with Gasteiger partial charge in [-0.3, -0.25) is 4.79 Å². The summed E-state index contributed by atoms with van der Waals surface area (Å²) in [5.41, 5.74) is 3.13. The van der Waals surface area contributed by atoms with Crippen molar-refractivity contribution in [2.45, 2.75) is 17.9 Å². The first-order valence-electron chi connectivity index (χ1n) is 10.3. The number of carbonyl (C=O) groups is 1. The van der Waals surface area contributed by atoms with Gasteiger partial charge < -0.3 is 5.32 Å². The minimum atomic E-state index is -0.373. The third kappa shape index (κ3) is 7.87. The summed E-state index contributed by atoms with van der Waals surface area (Å²) < 4.78 is 0.648. The first-order valence-corrected chi connectivity index (χ1v) is 13.0. The molecule has 1 N–H and O–H groups in total. The molecule has 0 aromatic heterocycles. The lowest BCUT2D eigenvalue weighted by Crippen LogP contribution is -2.27. The van der Waals surface area contributed by atoms with Gasteiger partial charge in [0.15, 0.2) is 0 Å². The average Bonchev–Trinajstić information content (AvgIpc) is 2.83. The molecule has 0 aliphatic carbocycles. The van der Waals surface area contributed by atoms with Crippen molar-refractivity contribution in [3.05, 3.63) is 115 Å². The predicted octanol–water partition coefficient (Wildman–Crippen LogP) is 7.25. The zero-order chi connectivity index (χ0) is 23.5. The number of nitrogens with one attached hydrogen (secondary N) is 1. The fourth-order valence-electron chi connectivity index (χ4n) is 2.95. The fourth-order valence-corrected chi connectivity index (χ4v) is 5.84. The highest BCUT2D eigenvalue weighted by atomic mass is 35.5. The molecule has 3 aromatic rings. The van der Waals surface area contributed by atoms with Crippen LogP contribution in [0.4, 0.5) is 0 Å². The number of nitrogens with zero attached hydrogens (tertiary/aromatic N) is 1. The monoisotopic (exact) mass is 512 g/mol. The molecule has 1 amide bonds. The van der Waals surface area contributed by atoms with Crippen LogP contribution in [0.2, 0.25) is 10.0 Å². The van der Waals surface area contributed by atoms with Gasteiger partial charge in [-0.05, 0) is 35.2 Å². The van der Waals surface area contributed by atoms with E-state index in [1.165, 1.54) is 23.5 Å². The van der Waals surface area contributed by atoms with Crippen LogP contribution in [0.3, 0.4) is 0 Å². The molecule has 0 atom stereocenters. The van der Waals surface area contributed by atoms with Gasteiger partial charge in [-0.2, -0.15) is 5.26 Å². The summed E-state index contributed by atoms with van der Waals surface area (Å²) in [6.07, 6.45) is 0.695. The maximum absolute atomic E-state index is 12.9. The average molecular weight is 514 g/mol. The highest BCUT2D eigenvalue weighted by Crippen LogP contribution is 2.38. The molecule has 3 nitrogen and oxygen atoms in total. The van der Waals surface area contributed by atoms with Gasteiger partial charge in [0.1, 0.15) is 11.6 Å². The van der Waals surface area contributed by atoms with E-state index in [4.69, 9.17) is 23.2 Å². The summed E-state index contributed by atoms with van der Waals surface area (Å²) in [5.74, 6) is 0.724. The molecule has 0 aliphatic heterocycles. The molecule has 0 heterocycles. The zero-order valence-electron chi connectivity index (χ0n) is 17.8. The molecule has 7 heteroatoms. The van der Waals surface area contributed by atoms with Gasteiger partial charge in [0.2, 0.25) is 0 Å². The first-order chi connectivity index (χ1) is 16.1. The van der Waals surface area contributed by atoms with Gasteiger partial charge in [0.05, 0.1) is 4.24 Å². The maximum atomic E-state index is 12.9. The number of hydrogen-bond acceptors (Lipinski definition) is 4. The van der Waals surface area contributed by atoms with Crippen molar-refractivity contribution in [2.24, 2.45) is 0 Å². The SMILES string of the molecule is N#CC(C(=O)NCCc1ccccc1)=C(SCc1ccccc1Cl)SCc1ccccc1Cl. The van der Waals surface area contributed by atoms with E-state index in [0.29, 0.717) is 38.8 Å². The molecule has 0 aliphatic rings. The Morgan fingerprint density at radius 3 is 1.85 bits per heavy atom. The third-order valence-electron chi connectivity index (χ3n) is 4.72. The van der Waals surface area contributed by atoms with E-state index in [0.717, 1.165) is 16.7 Å². The number of carbonyl (C=O) groups excluding carboxylic acids is 1. The van der Waals surface area contributed by atoms with E-state index in [1.807, 2.05) is 78.9 Å². The quantitative estimate of drug-likeness (QED) is 0.229. The minimum Gasteiger partial charge on any atom is -0.351 e. The first kappa shape index (κ1) is 25.3. The van der Waals surface area contributed by atoms with Crippen molar-refractivity contribution in [1.29, 1.82) is 5.26 Å². The summed E-state index contributed by atoms with van der Waals surface area (Å²) in [4.78, 5) is 12.9. The molecule has 0 radical (unpaired) electrons. The summed E-state index contributed by atoms with van der Waals surface area (Å²) >= 11 is 15.5. The molecule has 0 saturated carbocycles. The van der Waals surface area contributed by atoms with Crippen LogP contribution in [0.1, 0.15) is 16.7 Å². The van der Waals surface area contributed by atoms with Crippen LogP contribution in [-0.2, 0) is 22.7 Å². The Morgan fingerprint density at radius 2 is 1.33 bits per heavy atom. The van der Waals surface area contributed by atoms with Gasteiger partial charge >= 0.3 is 0 Å². The maximum Gasteiger partial charge on any atom is 0.263 e. The predicted molar refractivity (Wildman–Crippen MR) is 141 cm³/mol. The van der Waals surface area contributed by atoms with Crippen LogP contribution in [0, 0.1) is 11.3 Å². The Hall–Kier alpha value is -2.36. The van der Waals surface area contributed by atoms with Crippen molar-refractivity contribution >= 4 is 52.6 Å². The van der Waals surface area contributed by atoms with Crippen molar-refractivity contribution in [3.63, 3.8) is 0 Å². The Labute approximate surface area is 213 Å². The normalized spacial score (nSPS) is 10.3. The molecule has 33 heavy (non-hydrogen) atoms. The summed E-state index contributed by atoms with van der Waals surface area (Å²) in [6.45, 7) is 0.450. The standard InChI is InChI=1S/C26H22Cl2N2OS2/c27-23-12-6-4-10-20(23)17-32-26(33-18-21-11-5-7-13-24(21)28)22(16-29)25(31)30-15-14-19-8-2-1-3-9-19/h1-13H,14-15,17-18H2,(H,30,31). The van der Waals surface area contributed by atoms with Gasteiger partial charge in [0, 0.05) is 28.1 Å². The molecular formula is C26H22Cl2N2OS2. The number of hydrogen-bond donors (Lipinski definition) is 1. The molecular weight excluding hydrogens is 491 g/mol. The number of thioether (sulfide) groups is 2. The van der Waals surface area contributed by atoms with E-state index < -0.39 is 0 Å². The Bertz CT molecular complexity index is 1110. The molecule has 0 fully saturated rings. The molecule has 0 saturated heterocycles. The number of amides is 1. The van der Waals surface area contributed by atoms with Crippen LogP contribution in [0.25, 0.3) is 0 Å². The second-order valence-corrected chi connectivity index (χ2v) is 10.1. The number of rotatable bonds is 10.